The van der Waals surface area contributed by atoms with Crippen molar-refractivity contribution in [1.82, 2.24) is 0 Å². The highest BCUT2D eigenvalue weighted by atomic mass is 32.1. The van der Waals surface area contributed by atoms with Crippen molar-refractivity contribution in [3.05, 3.63) is 21.4 Å². The molecule has 0 bridgehead atoms. The summed E-state index contributed by atoms with van der Waals surface area (Å²) in [5.41, 5.74) is 6.20. The predicted molar refractivity (Wildman–Crippen MR) is 52.7 cm³/mol. The minimum atomic E-state index is -4.26. The normalized spacial score (nSPS) is 12.1. The van der Waals surface area contributed by atoms with Crippen molar-refractivity contribution in [2.24, 2.45) is 5.73 Å². The van der Waals surface area contributed by atoms with E-state index in [2.05, 4.69) is 4.74 Å². The van der Waals surface area contributed by atoms with Gasteiger partial charge in [-0.3, -0.25) is 0 Å². The lowest BCUT2D eigenvalue weighted by molar-refractivity contribution is -0.176. The lowest BCUT2D eigenvalue weighted by Gasteiger charge is -2.06. The minimum absolute atomic E-state index is 0.0121. The monoisotopic (exact) mass is 239 g/mol. The van der Waals surface area contributed by atoms with Crippen LogP contribution in [-0.2, 0) is 17.9 Å². The fourth-order valence-electron chi connectivity index (χ4n) is 1.11. The van der Waals surface area contributed by atoms with Crippen LogP contribution in [0.1, 0.15) is 15.3 Å². The zero-order valence-corrected chi connectivity index (χ0v) is 9.04. The molecule has 0 spiro atoms. The van der Waals surface area contributed by atoms with Gasteiger partial charge in [0.2, 0.25) is 0 Å². The maximum Gasteiger partial charge on any atom is 0.411 e. The van der Waals surface area contributed by atoms with Crippen LogP contribution in [0.5, 0.6) is 0 Å². The van der Waals surface area contributed by atoms with E-state index >= 15 is 0 Å². The summed E-state index contributed by atoms with van der Waals surface area (Å²) in [6.07, 6.45) is -4.26. The molecule has 0 radical (unpaired) electrons. The molecule has 1 rings (SSSR count). The zero-order chi connectivity index (χ0) is 11.5. The van der Waals surface area contributed by atoms with Crippen LogP contribution in [0.15, 0.2) is 6.07 Å². The van der Waals surface area contributed by atoms with E-state index in [4.69, 9.17) is 5.73 Å². The van der Waals surface area contributed by atoms with Gasteiger partial charge in [-0.1, -0.05) is 0 Å². The average Bonchev–Trinajstić information content (AvgIpc) is 2.45. The number of thiophene rings is 1. The van der Waals surface area contributed by atoms with Crippen LogP contribution < -0.4 is 5.73 Å². The molecule has 2 N–H and O–H groups in total. The summed E-state index contributed by atoms with van der Waals surface area (Å²) in [6, 6.07) is 1.79. The van der Waals surface area contributed by atoms with E-state index in [1.54, 1.807) is 6.07 Å². The van der Waals surface area contributed by atoms with Crippen LogP contribution >= 0.6 is 11.3 Å². The quantitative estimate of drug-likeness (QED) is 0.876. The van der Waals surface area contributed by atoms with Crippen LogP contribution in [0.3, 0.4) is 0 Å². The molecule has 15 heavy (non-hydrogen) atoms. The molecule has 1 aromatic heterocycles. The van der Waals surface area contributed by atoms with E-state index < -0.39 is 12.8 Å². The molecule has 2 nitrogen and oxygen atoms in total. The molecule has 0 aliphatic carbocycles. The fraction of sp³-hybridized carbons (Fsp3) is 0.556. The number of hydrogen-bond acceptors (Lipinski definition) is 3. The largest absolute Gasteiger partial charge is 0.411 e. The van der Waals surface area contributed by atoms with E-state index in [9.17, 15) is 13.2 Å². The summed E-state index contributed by atoms with van der Waals surface area (Å²) >= 11 is 1.49. The van der Waals surface area contributed by atoms with Crippen LogP contribution in [0.25, 0.3) is 0 Å². The highest BCUT2D eigenvalue weighted by Gasteiger charge is 2.27. The van der Waals surface area contributed by atoms with E-state index in [1.165, 1.54) is 11.3 Å². The van der Waals surface area contributed by atoms with Gasteiger partial charge in [-0.15, -0.1) is 11.3 Å². The molecule has 1 aromatic rings. The fourth-order valence-corrected chi connectivity index (χ4v) is 2.03. The highest BCUT2D eigenvalue weighted by molar-refractivity contribution is 7.12. The van der Waals surface area contributed by atoms with E-state index in [1.807, 2.05) is 6.92 Å². The molecule has 0 amide bonds. The van der Waals surface area contributed by atoms with Crippen molar-refractivity contribution in [1.29, 1.82) is 0 Å². The molecular formula is C9H12F3NOS. The molecular weight excluding hydrogens is 227 g/mol. The molecule has 6 heteroatoms. The Morgan fingerprint density at radius 1 is 1.47 bits per heavy atom. The lowest BCUT2D eigenvalue weighted by Crippen LogP contribution is -2.16. The molecule has 0 aliphatic rings. The summed E-state index contributed by atoms with van der Waals surface area (Å²) in [6.45, 7) is 1.03. The third-order valence-corrected chi connectivity index (χ3v) is 2.91. The molecule has 0 fully saturated rings. The van der Waals surface area contributed by atoms with Crippen molar-refractivity contribution in [3.63, 3.8) is 0 Å². The molecule has 0 unspecified atom stereocenters. The van der Waals surface area contributed by atoms with Crippen LogP contribution in [0.2, 0.25) is 0 Å². The van der Waals surface area contributed by atoms with E-state index in [-0.39, 0.29) is 6.61 Å². The Morgan fingerprint density at radius 3 is 2.60 bits per heavy atom. The Morgan fingerprint density at radius 2 is 2.13 bits per heavy atom. The first kappa shape index (κ1) is 12.5. The van der Waals surface area contributed by atoms with Gasteiger partial charge < -0.3 is 10.5 Å². The maximum absolute atomic E-state index is 11.8. The molecule has 86 valence electrons. The Labute approximate surface area is 89.8 Å². The summed E-state index contributed by atoms with van der Waals surface area (Å²) in [7, 11) is 0. The lowest BCUT2D eigenvalue weighted by atomic mass is 10.2. The van der Waals surface area contributed by atoms with Crippen molar-refractivity contribution in [2.75, 3.05) is 6.61 Å². The van der Waals surface area contributed by atoms with E-state index in [0.717, 1.165) is 15.3 Å². The van der Waals surface area contributed by atoms with Gasteiger partial charge in [0.05, 0.1) is 6.61 Å². The zero-order valence-electron chi connectivity index (χ0n) is 8.23. The molecule has 0 saturated carbocycles. The summed E-state index contributed by atoms with van der Waals surface area (Å²) in [4.78, 5) is 1.91. The molecule has 0 aliphatic heterocycles. The van der Waals surface area contributed by atoms with Gasteiger partial charge in [0, 0.05) is 16.3 Å². The number of halogens is 3. The minimum Gasteiger partial charge on any atom is -0.367 e. The maximum atomic E-state index is 11.8. The van der Waals surface area contributed by atoms with Gasteiger partial charge in [-0.25, -0.2) is 0 Å². The first-order chi connectivity index (χ1) is 6.92. The van der Waals surface area contributed by atoms with Crippen molar-refractivity contribution >= 4 is 11.3 Å². The van der Waals surface area contributed by atoms with E-state index in [0.29, 0.717) is 6.54 Å². The number of rotatable bonds is 4. The number of ether oxygens (including phenoxy) is 1. The number of hydrogen-bond donors (Lipinski definition) is 1. The standard InChI is InChI=1S/C9H12F3NOS/c1-6-7(2-8(3-13)15-6)4-14-5-9(10,11)12/h2H,3-5,13H2,1H3. The van der Waals surface area contributed by atoms with Gasteiger partial charge in [0.25, 0.3) is 0 Å². The summed E-state index contributed by atoms with van der Waals surface area (Å²) < 4.78 is 39.9. The molecule has 0 saturated heterocycles. The van der Waals surface area contributed by atoms with Gasteiger partial charge in [0.15, 0.2) is 0 Å². The van der Waals surface area contributed by atoms with Gasteiger partial charge in [0.1, 0.15) is 6.61 Å². The molecule has 0 atom stereocenters. The van der Waals surface area contributed by atoms with Crippen LogP contribution in [-0.4, -0.2) is 12.8 Å². The summed E-state index contributed by atoms with van der Waals surface area (Å²) in [5, 5.41) is 0. The van der Waals surface area contributed by atoms with Crippen LogP contribution in [0, 0.1) is 6.92 Å². The second kappa shape index (κ2) is 4.96. The van der Waals surface area contributed by atoms with Crippen molar-refractivity contribution in [3.8, 4) is 0 Å². The summed E-state index contributed by atoms with van der Waals surface area (Å²) in [5.74, 6) is 0. The Bertz CT molecular complexity index is 322. The average molecular weight is 239 g/mol. The van der Waals surface area contributed by atoms with Crippen LogP contribution in [0.4, 0.5) is 13.2 Å². The third-order valence-electron chi connectivity index (χ3n) is 1.80. The Balaban J connectivity index is 2.47. The molecule has 0 aromatic carbocycles. The van der Waals surface area contributed by atoms with Gasteiger partial charge in [-0.05, 0) is 18.6 Å². The Kier molecular flexibility index (Phi) is 4.12. The first-order valence-corrected chi connectivity index (χ1v) is 5.17. The topological polar surface area (TPSA) is 35.2 Å². The first-order valence-electron chi connectivity index (χ1n) is 4.35. The SMILES string of the molecule is Cc1sc(CN)cc1COCC(F)(F)F. The number of alkyl halides is 3. The van der Waals surface area contributed by atoms with Crippen molar-refractivity contribution in [2.45, 2.75) is 26.3 Å². The highest BCUT2D eigenvalue weighted by Crippen LogP contribution is 2.23. The second-order valence-electron chi connectivity index (χ2n) is 3.11. The second-order valence-corrected chi connectivity index (χ2v) is 4.45. The molecule has 1 heterocycles. The van der Waals surface area contributed by atoms with Gasteiger partial charge in [-0.2, -0.15) is 13.2 Å². The number of aryl methyl sites for hydroxylation is 1. The third kappa shape index (κ3) is 4.19. The predicted octanol–water partition coefficient (Wildman–Crippen LogP) is 2.59. The number of nitrogens with two attached hydrogens (primary N) is 1. The smallest absolute Gasteiger partial charge is 0.367 e. The van der Waals surface area contributed by atoms with Gasteiger partial charge >= 0.3 is 6.18 Å². The Hall–Kier alpha value is -0.590. The van der Waals surface area contributed by atoms with Crippen molar-refractivity contribution < 1.29 is 17.9 Å².